The van der Waals surface area contributed by atoms with Gasteiger partial charge in [-0.25, -0.2) is 4.98 Å². The summed E-state index contributed by atoms with van der Waals surface area (Å²) in [6.07, 6.45) is 0. The van der Waals surface area contributed by atoms with Crippen molar-refractivity contribution in [1.82, 2.24) is 4.98 Å². The quantitative estimate of drug-likeness (QED) is 0.785. The Kier molecular flexibility index (Phi) is 4.43. The van der Waals surface area contributed by atoms with Crippen molar-refractivity contribution in [2.75, 3.05) is 12.4 Å². The Morgan fingerprint density at radius 1 is 1.60 bits per heavy atom. The third kappa shape index (κ3) is 3.19. The van der Waals surface area contributed by atoms with Crippen LogP contribution in [0.4, 0.5) is 10.8 Å². The van der Waals surface area contributed by atoms with Crippen LogP contribution in [0, 0.1) is 0 Å². The summed E-state index contributed by atoms with van der Waals surface area (Å²) in [4.78, 5) is 14.9. The maximum Gasteiger partial charge on any atom is 0.326 e. The van der Waals surface area contributed by atoms with Crippen LogP contribution >= 0.6 is 22.9 Å². The van der Waals surface area contributed by atoms with Crippen molar-refractivity contribution < 1.29 is 14.6 Å². The van der Waals surface area contributed by atoms with Crippen molar-refractivity contribution in [2.45, 2.75) is 6.04 Å². The number of hydrogen-bond acceptors (Lipinski definition) is 6. The van der Waals surface area contributed by atoms with Crippen molar-refractivity contribution in [3.63, 3.8) is 0 Å². The van der Waals surface area contributed by atoms with E-state index in [4.69, 9.17) is 27.2 Å². The summed E-state index contributed by atoms with van der Waals surface area (Å²) in [5, 5.41) is 14.5. The molecule has 20 heavy (non-hydrogen) atoms. The number of carboxylic acids is 1. The number of nitrogens with zero attached hydrogens (tertiary/aromatic N) is 1. The molecular weight excluding hydrogens is 302 g/mol. The number of benzene rings is 1. The molecule has 0 saturated carbocycles. The number of aliphatic carboxylic acids is 1. The number of anilines is 2. The first kappa shape index (κ1) is 14.6. The molecule has 0 saturated heterocycles. The van der Waals surface area contributed by atoms with Crippen molar-refractivity contribution in [3.8, 4) is 5.75 Å². The average Bonchev–Trinajstić information content (AvgIpc) is 2.86. The van der Waals surface area contributed by atoms with E-state index in [1.807, 2.05) is 0 Å². The number of nitrogens with two attached hydrogens (primary N) is 1. The van der Waals surface area contributed by atoms with Crippen molar-refractivity contribution >= 4 is 39.7 Å². The first-order chi connectivity index (χ1) is 9.51. The maximum atomic E-state index is 10.8. The minimum absolute atomic E-state index is 0.310. The van der Waals surface area contributed by atoms with E-state index in [2.05, 4.69) is 10.3 Å². The molecule has 0 bridgehead atoms. The second kappa shape index (κ2) is 6.08. The van der Waals surface area contributed by atoms with Crippen LogP contribution in [0.5, 0.6) is 5.75 Å². The van der Waals surface area contributed by atoms with Crippen LogP contribution < -0.4 is 15.8 Å². The van der Waals surface area contributed by atoms with Crippen LogP contribution in [0.15, 0.2) is 23.6 Å². The third-order valence-corrected chi connectivity index (χ3v) is 3.58. The summed E-state index contributed by atoms with van der Waals surface area (Å²) >= 11 is 7.28. The highest BCUT2D eigenvalue weighted by Crippen LogP contribution is 2.30. The molecule has 106 valence electrons. The van der Waals surface area contributed by atoms with E-state index in [0.29, 0.717) is 21.6 Å². The molecular formula is C12H12ClN3O3S. The van der Waals surface area contributed by atoms with Crippen LogP contribution in [-0.4, -0.2) is 23.2 Å². The van der Waals surface area contributed by atoms with Gasteiger partial charge in [-0.05, 0) is 18.2 Å². The van der Waals surface area contributed by atoms with Crippen molar-refractivity contribution in [1.29, 1.82) is 0 Å². The number of carboxylic acid groups (broad SMARTS) is 1. The SMILES string of the molecule is COc1ccc(Nc2nc(C(N)C(=O)O)cs2)cc1Cl. The molecule has 0 fully saturated rings. The Morgan fingerprint density at radius 3 is 2.95 bits per heavy atom. The van der Waals surface area contributed by atoms with Gasteiger partial charge in [-0.1, -0.05) is 11.6 Å². The molecule has 0 aliphatic carbocycles. The highest BCUT2D eigenvalue weighted by molar-refractivity contribution is 7.13. The predicted octanol–water partition coefficient (Wildman–Crippen LogP) is 2.63. The van der Waals surface area contributed by atoms with Crippen LogP contribution in [0.3, 0.4) is 0 Å². The van der Waals surface area contributed by atoms with Gasteiger partial charge in [0.2, 0.25) is 0 Å². The number of rotatable bonds is 5. The molecule has 1 aromatic heterocycles. The summed E-state index contributed by atoms with van der Waals surface area (Å²) in [5.74, 6) is -0.542. The van der Waals surface area contributed by atoms with Gasteiger partial charge < -0.3 is 20.9 Å². The lowest BCUT2D eigenvalue weighted by Gasteiger charge is -2.06. The first-order valence-electron chi connectivity index (χ1n) is 5.55. The van der Waals surface area contributed by atoms with Crippen LogP contribution in [0.2, 0.25) is 5.02 Å². The number of ether oxygens (including phenoxy) is 1. The number of hydrogen-bond donors (Lipinski definition) is 3. The average molecular weight is 314 g/mol. The highest BCUT2D eigenvalue weighted by atomic mass is 35.5. The maximum absolute atomic E-state index is 10.8. The van der Waals surface area contributed by atoms with E-state index >= 15 is 0 Å². The number of halogens is 1. The van der Waals surface area contributed by atoms with E-state index in [9.17, 15) is 4.79 Å². The van der Waals surface area contributed by atoms with Crippen molar-refractivity contribution in [3.05, 3.63) is 34.3 Å². The Bertz CT molecular complexity index is 632. The lowest BCUT2D eigenvalue weighted by atomic mass is 10.2. The first-order valence-corrected chi connectivity index (χ1v) is 6.81. The Balaban J connectivity index is 2.14. The molecule has 1 aromatic carbocycles. The van der Waals surface area contributed by atoms with Gasteiger partial charge in [-0.2, -0.15) is 0 Å². The summed E-state index contributed by atoms with van der Waals surface area (Å²) in [5.41, 5.74) is 6.52. The molecule has 6 nitrogen and oxygen atoms in total. The van der Waals surface area contributed by atoms with E-state index in [-0.39, 0.29) is 0 Å². The van der Waals surface area contributed by atoms with E-state index in [0.717, 1.165) is 5.69 Å². The number of carbonyl (C=O) groups is 1. The third-order valence-electron chi connectivity index (χ3n) is 2.51. The predicted molar refractivity (Wildman–Crippen MR) is 78.0 cm³/mol. The molecule has 2 aromatic rings. The number of thiazole rings is 1. The minimum atomic E-state index is -1.12. The fourth-order valence-electron chi connectivity index (χ4n) is 1.48. The van der Waals surface area contributed by atoms with Gasteiger partial charge in [0, 0.05) is 11.1 Å². The second-order valence-electron chi connectivity index (χ2n) is 3.87. The standard InChI is InChI=1S/C12H12ClN3O3S/c1-19-9-3-2-6(4-7(9)13)15-12-16-8(5-20-12)10(14)11(17)18/h2-5,10H,14H2,1H3,(H,15,16)(H,17,18). The fraction of sp³-hybridized carbons (Fsp3) is 0.167. The van der Waals surface area contributed by atoms with E-state index < -0.39 is 12.0 Å². The summed E-state index contributed by atoms with van der Waals surface area (Å²) in [7, 11) is 1.54. The van der Waals surface area contributed by atoms with Crippen LogP contribution in [0.25, 0.3) is 0 Å². The Labute approximate surface area is 124 Å². The molecule has 0 radical (unpaired) electrons. The molecule has 1 atom stereocenters. The van der Waals surface area contributed by atoms with Gasteiger partial charge >= 0.3 is 5.97 Å². The lowest BCUT2D eigenvalue weighted by Crippen LogP contribution is -2.20. The van der Waals surface area contributed by atoms with Gasteiger partial charge in [0.1, 0.15) is 11.8 Å². The van der Waals surface area contributed by atoms with E-state index in [1.165, 1.54) is 18.4 Å². The van der Waals surface area contributed by atoms with Crippen LogP contribution in [0.1, 0.15) is 11.7 Å². The lowest BCUT2D eigenvalue weighted by molar-refractivity contribution is -0.138. The van der Waals surface area contributed by atoms with Gasteiger partial charge in [0.05, 0.1) is 17.8 Å². The Hall–Kier alpha value is -1.83. The molecule has 1 heterocycles. The molecule has 8 heteroatoms. The summed E-state index contributed by atoms with van der Waals surface area (Å²) in [6.45, 7) is 0. The number of aromatic nitrogens is 1. The fourth-order valence-corrected chi connectivity index (χ4v) is 2.50. The van der Waals surface area contributed by atoms with Gasteiger partial charge in [0.15, 0.2) is 5.13 Å². The number of methoxy groups -OCH3 is 1. The summed E-state index contributed by atoms with van der Waals surface area (Å²) in [6, 6.07) is 4.07. The van der Waals surface area contributed by atoms with E-state index in [1.54, 1.807) is 23.6 Å². The largest absolute Gasteiger partial charge is 0.495 e. The topological polar surface area (TPSA) is 97.5 Å². The van der Waals surface area contributed by atoms with Gasteiger partial charge in [0.25, 0.3) is 0 Å². The molecule has 0 spiro atoms. The van der Waals surface area contributed by atoms with Crippen LogP contribution in [-0.2, 0) is 4.79 Å². The monoisotopic (exact) mass is 313 g/mol. The number of nitrogens with one attached hydrogen (secondary N) is 1. The molecule has 2 rings (SSSR count). The molecule has 0 amide bonds. The molecule has 1 unspecified atom stereocenters. The zero-order valence-corrected chi connectivity index (χ0v) is 12.0. The smallest absolute Gasteiger partial charge is 0.326 e. The minimum Gasteiger partial charge on any atom is -0.495 e. The molecule has 0 aliphatic rings. The normalized spacial score (nSPS) is 11.9. The zero-order valence-electron chi connectivity index (χ0n) is 10.5. The molecule has 4 N–H and O–H groups in total. The van der Waals surface area contributed by atoms with Gasteiger partial charge in [-0.3, -0.25) is 4.79 Å². The second-order valence-corrected chi connectivity index (χ2v) is 5.13. The summed E-state index contributed by atoms with van der Waals surface area (Å²) < 4.78 is 5.06. The highest BCUT2D eigenvalue weighted by Gasteiger charge is 2.17. The van der Waals surface area contributed by atoms with Gasteiger partial charge in [-0.15, -0.1) is 11.3 Å². The Morgan fingerprint density at radius 2 is 2.35 bits per heavy atom. The van der Waals surface area contributed by atoms with Crippen molar-refractivity contribution in [2.24, 2.45) is 5.73 Å². The zero-order chi connectivity index (χ0) is 14.7. The molecule has 0 aliphatic heterocycles.